The van der Waals surface area contributed by atoms with Crippen LogP contribution in [0.3, 0.4) is 0 Å². The van der Waals surface area contributed by atoms with Gasteiger partial charge in [-0.05, 0) is 68.2 Å². The Morgan fingerprint density at radius 2 is 1.70 bits per heavy atom. The molecule has 1 aromatic heterocycles. The van der Waals surface area contributed by atoms with Gasteiger partial charge >= 0.3 is 0 Å². The van der Waals surface area contributed by atoms with E-state index >= 15 is 0 Å². The number of rotatable bonds is 3. The maximum Gasteiger partial charge on any atom is 0.159 e. The van der Waals surface area contributed by atoms with Crippen LogP contribution in [-0.2, 0) is 0 Å². The summed E-state index contributed by atoms with van der Waals surface area (Å²) >= 11 is 12.0. The standard InChI is InChI=1S/C19H20Cl2N2/c1-2-3-13-4-6-14(7-5-13)16-11-22-19(23-12-16)15-8-9-17(20)18(21)10-15/h2-3,8-14H,4-7H2,1H3. The van der Waals surface area contributed by atoms with Gasteiger partial charge in [-0.2, -0.15) is 0 Å². The fourth-order valence-corrected chi connectivity index (χ4v) is 3.55. The molecule has 23 heavy (non-hydrogen) atoms. The summed E-state index contributed by atoms with van der Waals surface area (Å²) in [5.74, 6) is 2.02. The van der Waals surface area contributed by atoms with Crippen LogP contribution in [0.25, 0.3) is 11.4 Å². The van der Waals surface area contributed by atoms with Crippen LogP contribution >= 0.6 is 23.2 Å². The summed E-state index contributed by atoms with van der Waals surface area (Å²) in [5.41, 5.74) is 2.13. The summed E-state index contributed by atoms with van der Waals surface area (Å²) in [6.45, 7) is 2.10. The molecule has 0 atom stereocenters. The lowest BCUT2D eigenvalue weighted by atomic mass is 9.79. The van der Waals surface area contributed by atoms with E-state index in [1.54, 1.807) is 12.1 Å². The maximum atomic E-state index is 6.06. The van der Waals surface area contributed by atoms with E-state index in [-0.39, 0.29) is 0 Å². The van der Waals surface area contributed by atoms with Gasteiger partial charge in [0.25, 0.3) is 0 Å². The summed E-state index contributed by atoms with van der Waals surface area (Å²) in [7, 11) is 0. The number of hydrogen-bond donors (Lipinski definition) is 0. The Balaban J connectivity index is 1.71. The molecule has 0 amide bonds. The van der Waals surface area contributed by atoms with Crippen molar-refractivity contribution in [2.75, 3.05) is 0 Å². The minimum Gasteiger partial charge on any atom is -0.236 e. The molecule has 0 radical (unpaired) electrons. The van der Waals surface area contributed by atoms with Gasteiger partial charge in [-0.3, -0.25) is 0 Å². The molecule has 2 aromatic rings. The predicted octanol–water partition coefficient (Wildman–Crippen LogP) is 6.30. The Hall–Kier alpha value is -1.38. The normalized spacial score (nSPS) is 21.7. The molecule has 2 nitrogen and oxygen atoms in total. The molecule has 0 saturated heterocycles. The van der Waals surface area contributed by atoms with E-state index < -0.39 is 0 Å². The Morgan fingerprint density at radius 1 is 1.00 bits per heavy atom. The second kappa shape index (κ2) is 7.46. The van der Waals surface area contributed by atoms with Gasteiger partial charge in [0.05, 0.1) is 10.0 Å². The first-order chi connectivity index (χ1) is 11.2. The van der Waals surface area contributed by atoms with Gasteiger partial charge in [-0.1, -0.05) is 35.4 Å². The molecular formula is C19H20Cl2N2. The van der Waals surface area contributed by atoms with E-state index in [1.165, 1.54) is 31.2 Å². The summed E-state index contributed by atoms with van der Waals surface area (Å²) in [6.07, 6.45) is 13.4. The highest BCUT2D eigenvalue weighted by Gasteiger charge is 2.21. The first kappa shape index (κ1) is 16.5. The maximum absolute atomic E-state index is 6.06. The molecule has 1 aliphatic carbocycles. The van der Waals surface area contributed by atoms with E-state index in [0.29, 0.717) is 21.8 Å². The van der Waals surface area contributed by atoms with Crippen molar-refractivity contribution in [3.05, 3.63) is 58.4 Å². The van der Waals surface area contributed by atoms with Crippen molar-refractivity contribution in [1.29, 1.82) is 0 Å². The largest absolute Gasteiger partial charge is 0.236 e. The van der Waals surface area contributed by atoms with Crippen LogP contribution < -0.4 is 0 Å². The third-order valence-corrected chi connectivity index (χ3v) is 5.30. The highest BCUT2D eigenvalue weighted by molar-refractivity contribution is 6.42. The van der Waals surface area contributed by atoms with Crippen molar-refractivity contribution < 1.29 is 0 Å². The molecular weight excluding hydrogens is 327 g/mol. The molecule has 120 valence electrons. The highest BCUT2D eigenvalue weighted by atomic mass is 35.5. The van der Waals surface area contributed by atoms with E-state index in [2.05, 4.69) is 29.0 Å². The van der Waals surface area contributed by atoms with Crippen molar-refractivity contribution in [1.82, 2.24) is 9.97 Å². The summed E-state index contributed by atoms with van der Waals surface area (Å²) in [5, 5.41) is 1.07. The van der Waals surface area contributed by atoms with Crippen molar-refractivity contribution in [3.8, 4) is 11.4 Å². The molecule has 0 spiro atoms. The smallest absolute Gasteiger partial charge is 0.159 e. The molecule has 1 aromatic carbocycles. The van der Waals surface area contributed by atoms with Crippen molar-refractivity contribution in [2.45, 2.75) is 38.5 Å². The van der Waals surface area contributed by atoms with Crippen LogP contribution in [-0.4, -0.2) is 9.97 Å². The van der Waals surface area contributed by atoms with Gasteiger partial charge < -0.3 is 0 Å². The van der Waals surface area contributed by atoms with Gasteiger partial charge in [0.2, 0.25) is 0 Å². The monoisotopic (exact) mass is 346 g/mol. The summed E-state index contributed by atoms with van der Waals surface area (Å²) < 4.78 is 0. The Bertz CT molecular complexity index is 687. The number of benzene rings is 1. The first-order valence-electron chi connectivity index (χ1n) is 8.07. The highest BCUT2D eigenvalue weighted by Crippen LogP contribution is 2.36. The average molecular weight is 347 g/mol. The van der Waals surface area contributed by atoms with Gasteiger partial charge in [0, 0.05) is 18.0 Å². The zero-order chi connectivity index (χ0) is 16.2. The predicted molar refractivity (Wildman–Crippen MR) is 97.0 cm³/mol. The van der Waals surface area contributed by atoms with Crippen molar-refractivity contribution in [2.24, 2.45) is 5.92 Å². The van der Waals surface area contributed by atoms with Crippen LogP contribution in [0.2, 0.25) is 10.0 Å². The van der Waals surface area contributed by atoms with Crippen LogP contribution in [0.1, 0.15) is 44.1 Å². The number of aromatic nitrogens is 2. The zero-order valence-corrected chi connectivity index (χ0v) is 14.7. The summed E-state index contributed by atoms with van der Waals surface area (Å²) in [4.78, 5) is 9.05. The van der Waals surface area contributed by atoms with Crippen LogP contribution in [0, 0.1) is 5.92 Å². The molecule has 0 N–H and O–H groups in total. The van der Waals surface area contributed by atoms with Crippen molar-refractivity contribution in [3.63, 3.8) is 0 Å². The Labute approximate surface area is 147 Å². The number of allylic oxidation sites excluding steroid dienone is 2. The molecule has 0 aliphatic heterocycles. The number of halogens is 2. The number of hydrogen-bond acceptors (Lipinski definition) is 2. The second-order valence-corrected chi connectivity index (χ2v) is 6.92. The lowest BCUT2D eigenvalue weighted by molar-refractivity contribution is 0.375. The van der Waals surface area contributed by atoms with Gasteiger partial charge in [-0.15, -0.1) is 0 Å². The fraction of sp³-hybridized carbons (Fsp3) is 0.368. The molecule has 1 heterocycles. The Morgan fingerprint density at radius 3 is 2.30 bits per heavy atom. The molecule has 0 unspecified atom stereocenters. The molecule has 1 fully saturated rings. The quantitative estimate of drug-likeness (QED) is 0.609. The lowest BCUT2D eigenvalue weighted by Crippen LogP contribution is -2.12. The SMILES string of the molecule is CC=CC1CCC(c2cnc(-c3ccc(Cl)c(Cl)c3)nc2)CC1. The molecule has 4 heteroatoms. The first-order valence-corrected chi connectivity index (χ1v) is 8.83. The van der Waals surface area contributed by atoms with Crippen LogP contribution in [0.4, 0.5) is 0 Å². The van der Waals surface area contributed by atoms with E-state index in [1.807, 2.05) is 18.5 Å². The minimum atomic E-state index is 0.527. The third-order valence-electron chi connectivity index (χ3n) is 4.56. The van der Waals surface area contributed by atoms with Gasteiger partial charge in [-0.25, -0.2) is 9.97 Å². The van der Waals surface area contributed by atoms with Crippen LogP contribution in [0.15, 0.2) is 42.7 Å². The fourth-order valence-electron chi connectivity index (χ4n) is 3.25. The van der Waals surface area contributed by atoms with E-state index in [9.17, 15) is 0 Å². The topological polar surface area (TPSA) is 25.8 Å². The van der Waals surface area contributed by atoms with Crippen molar-refractivity contribution >= 4 is 23.2 Å². The van der Waals surface area contributed by atoms with Gasteiger partial charge in [0.1, 0.15) is 0 Å². The molecule has 0 bridgehead atoms. The number of nitrogens with zero attached hydrogens (tertiary/aromatic N) is 2. The minimum absolute atomic E-state index is 0.527. The third kappa shape index (κ3) is 3.94. The van der Waals surface area contributed by atoms with Gasteiger partial charge in [0.15, 0.2) is 5.82 Å². The molecule has 3 rings (SSSR count). The zero-order valence-electron chi connectivity index (χ0n) is 13.2. The van der Waals surface area contributed by atoms with Crippen LogP contribution in [0.5, 0.6) is 0 Å². The summed E-state index contributed by atoms with van der Waals surface area (Å²) in [6, 6.07) is 5.48. The Kier molecular flexibility index (Phi) is 5.34. The van der Waals surface area contributed by atoms with E-state index in [4.69, 9.17) is 23.2 Å². The second-order valence-electron chi connectivity index (χ2n) is 6.11. The molecule has 1 aliphatic rings. The van der Waals surface area contributed by atoms with E-state index in [0.717, 1.165) is 11.5 Å². The average Bonchev–Trinajstić information content (AvgIpc) is 2.59. The molecule has 1 saturated carbocycles. The lowest BCUT2D eigenvalue weighted by Gasteiger charge is -2.26.